The Balaban J connectivity index is 2.05. The number of ether oxygens (including phenoxy) is 1. The van der Waals surface area contributed by atoms with Crippen LogP contribution in [0.15, 0.2) is 71.6 Å². The SMILES string of the molecule is CCCNC(=O)[C@H](C)N(Cc1ccc(Cl)c(Cl)c1)C(=O)CN(c1cccc(OC)c1)S(=O)(=O)c1ccc(C)cc1. The molecule has 0 radical (unpaired) electrons. The summed E-state index contributed by atoms with van der Waals surface area (Å²) in [6.07, 6.45) is 0.720. The molecule has 0 saturated heterocycles. The summed E-state index contributed by atoms with van der Waals surface area (Å²) in [7, 11) is -2.71. The third kappa shape index (κ3) is 7.68. The highest BCUT2D eigenvalue weighted by Gasteiger charge is 2.32. The van der Waals surface area contributed by atoms with Gasteiger partial charge >= 0.3 is 0 Å². The molecule has 0 aliphatic rings. The quantitative estimate of drug-likeness (QED) is 0.296. The first-order valence-corrected chi connectivity index (χ1v) is 14.9. The highest BCUT2D eigenvalue weighted by Crippen LogP contribution is 2.28. The summed E-state index contributed by atoms with van der Waals surface area (Å²) >= 11 is 12.3. The monoisotopic (exact) mass is 605 g/mol. The molecule has 8 nitrogen and oxygen atoms in total. The van der Waals surface area contributed by atoms with E-state index in [4.69, 9.17) is 27.9 Å². The van der Waals surface area contributed by atoms with Gasteiger partial charge in [-0.1, -0.05) is 60.0 Å². The van der Waals surface area contributed by atoms with Gasteiger partial charge < -0.3 is 15.0 Å². The number of carbonyl (C=O) groups is 2. The van der Waals surface area contributed by atoms with Gasteiger partial charge in [0.15, 0.2) is 0 Å². The predicted octanol–water partition coefficient (Wildman–Crippen LogP) is 5.45. The lowest BCUT2D eigenvalue weighted by Crippen LogP contribution is -2.51. The number of benzene rings is 3. The molecule has 1 atom stereocenters. The van der Waals surface area contributed by atoms with E-state index in [-0.39, 0.29) is 23.0 Å². The molecule has 214 valence electrons. The standard InChI is InChI=1S/C29H33Cl2N3O5S/c1-5-15-32-29(36)21(3)33(18-22-11-14-26(30)27(31)16-22)28(35)19-34(23-7-6-8-24(17-23)39-4)40(37,38)25-12-9-20(2)10-13-25/h6-14,16-17,21H,5,15,18-19H2,1-4H3,(H,32,36)/t21-/m0/s1. The van der Waals surface area contributed by atoms with Crippen LogP contribution in [-0.4, -0.2) is 51.4 Å². The third-order valence-corrected chi connectivity index (χ3v) is 8.81. The number of nitrogens with zero attached hydrogens (tertiary/aromatic N) is 2. The number of rotatable bonds is 12. The minimum Gasteiger partial charge on any atom is -0.497 e. The van der Waals surface area contributed by atoms with E-state index in [1.54, 1.807) is 61.5 Å². The predicted molar refractivity (Wildman–Crippen MR) is 158 cm³/mol. The Bertz CT molecular complexity index is 1450. The van der Waals surface area contributed by atoms with Crippen molar-refractivity contribution in [3.63, 3.8) is 0 Å². The van der Waals surface area contributed by atoms with Gasteiger partial charge in [-0.2, -0.15) is 0 Å². The number of anilines is 1. The first-order valence-electron chi connectivity index (χ1n) is 12.7. The maximum atomic E-state index is 13.9. The first kappa shape index (κ1) is 31.3. The number of amides is 2. The second-order valence-electron chi connectivity index (χ2n) is 9.26. The lowest BCUT2D eigenvalue weighted by molar-refractivity contribution is -0.139. The van der Waals surface area contributed by atoms with Crippen LogP contribution < -0.4 is 14.4 Å². The summed E-state index contributed by atoms with van der Waals surface area (Å²) in [4.78, 5) is 28.2. The summed E-state index contributed by atoms with van der Waals surface area (Å²) in [5.74, 6) is -0.512. The Morgan fingerprint density at radius 3 is 2.33 bits per heavy atom. The summed E-state index contributed by atoms with van der Waals surface area (Å²) in [5.41, 5.74) is 1.76. The molecule has 0 spiro atoms. The Labute approximate surface area is 245 Å². The van der Waals surface area contributed by atoms with Gasteiger partial charge in [-0.15, -0.1) is 0 Å². The molecular weight excluding hydrogens is 573 g/mol. The van der Waals surface area contributed by atoms with Crippen molar-refractivity contribution in [2.24, 2.45) is 0 Å². The van der Waals surface area contributed by atoms with Crippen molar-refractivity contribution in [3.05, 3.63) is 87.9 Å². The Morgan fingerprint density at radius 1 is 1.00 bits per heavy atom. The smallest absolute Gasteiger partial charge is 0.264 e. The van der Waals surface area contributed by atoms with Crippen LogP contribution in [0.3, 0.4) is 0 Å². The fraction of sp³-hybridized carbons (Fsp3) is 0.310. The molecule has 0 unspecified atom stereocenters. The molecule has 0 fully saturated rings. The average Bonchev–Trinajstić information content (AvgIpc) is 2.94. The zero-order chi connectivity index (χ0) is 29.4. The minimum atomic E-state index is -4.18. The van der Waals surface area contributed by atoms with Gasteiger partial charge in [-0.3, -0.25) is 13.9 Å². The number of halogens is 2. The molecule has 3 rings (SSSR count). The highest BCUT2D eigenvalue weighted by atomic mass is 35.5. The van der Waals surface area contributed by atoms with Crippen molar-refractivity contribution < 1.29 is 22.7 Å². The second kappa shape index (κ2) is 13.9. The van der Waals surface area contributed by atoms with Gasteiger partial charge in [0, 0.05) is 19.2 Å². The lowest BCUT2D eigenvalue weighted by Gasteiger charge is -2.32. The van der Waals surface area contributed by atoms with Crippen LogP contribution in [0, 0.1) is 6.92 Å². The number of hydrogen-bond donors (Lipinski definition) is 1. The highest BCUT2D eigenvalue weighted by molar-refractivity contribution is 7.92. The summed E-state index contributed by atoms with van der Waals surface area (Å²) < 4.78 is 34.1. The number of aryl methyl sites for hydroxylation is 1. The van der Waals surface area contributed by atoms with Crippen LogP contribution in [0.1, 0.15) is 31.4 Å². The van der Waals surface area contributed by atoms with E-state index in [2.05, 4.69) is 5.32 Å². The fourth-order valence-electron chi connectivity index (χ4n) is 3.95. The molecule has 3 aromatic carbocycles. The van der Waals surface area contributed by atoms with Gasteiger partial charge in [0.1, 0.15) is 18.3 Å². The molecule has 1 N–H and O–H groups in total. The van der Waals surface area contributed by atoms with E-state index in [1.165, 1.54) is 24.1 Å². The number of hydrogen-bond acceptors (Lipinski definition) is 5. The van der Waals surface area contributed by atoms with E-state index in [1.807, 2.05) is 13.8 Å². The van der Waals surface area contributed by atoms with E-state index >= 15 is 0 Å². The first-order chi connectivity index (χ1) is 19.0. The normalized spacial score (nSPS) is 11.9. The lowest BCUT2D eigenvalue weighted by atomic mass is 10.1. The van der Waals surface area contributed by atoms with Gasteiger partial charge in [-0.05, 0) is 62.2 Å². The number of sulfonamides is 1. The summed E-state index contributed by atoms with van der Waals surface area (Å²) in [6, 6.07) is 16.8. The number of nitrogens with one attached hydrogen (secondary N) is 1. The van der Waals surface area contributed by atoms with Gasteiger partial charge in [-0.25, -0.2) is 8.42 Å². The summed E-state index contributed by atoms with van der Waals surface area (Å²) in [6.45, 7) is 5.26. The van der Waals surface area contributed by atoms with Crippen LogP contribution in [0.5, 0.6) is 5.75 Å². The van der Waals surface area contributed by atoms with Crippen molar-refractivity contribution in [2.75, 3.05) is 24.5 Å². The Morgan fingerprint density at radius 2 is 1.70 bits per heavy atom. The van der Waals surface area contributed by atoms with Gasteiger partial charge in [0.2, 0.25) is 11.8 Å². The molecule has 0 bridgehead atoms. The molecular formula is C29H33Cl2N3O5S. The maximum absolute atomic E-state index is 13.9. The number of methoxy groups -OCH3 is 1. The zero-order valence-corrected chi connectivity index (χ0v) is 25.2. The van der Waals surface area contributed by atoms with Crippen molar-refractivity contribution in [3.8, 4) is 5.75 Å². The van der Waals surface area contributed by atoms with Crippen LogP contribution in [0.25, 0.3) is 0 Å². The van der Waals surface area contributed by atoms with Crippen molar-refractivity contribution in [2.45, 2.75) is 44.7 Å². The average molecular weight is 607 g/mol. The summed E-state index contributed by atoms with van der Waals surface area (Å²) in [5, 5.41) is 3.46. The zero-order valence-electron chi connectivity index (χ0n) is 22.9. The molecule has 11 heteroatoms. The van der Waals surface area contributed by atoms with E-state index in [9.17, 15) is 18.0 Å². The molecule has 0 saturated carbocycles. The molecule has 3 aromatic rings. The molecule has 2 amide bonds. The van der Waals surface area contributed by atoms with Crippen LogP contribution in [0.2, 0.25) is 10.0 Å². The minimum absolute atomic E-state index is 0.00691. The largest absolute Gasteiger partial charge is 0.497 e. The molecule has 0 aliphatic heterocycles. The topological polar surface area (TPSA) is 96.0 Å². The van der Waals surface area contributed by atoms with Gasteiger partial charge in [0.25, 0.3) is 10.0 Å². The van der Waals surface area contributed by atoms with E-state index in [0.29, 0.717) is 27.9 Å². The van der Waals surface area contributed by atoms with Gasteiger partial charge in [0.05, 0.1) is 27.7 Å². The maximum Gasteiger partial charge on any atom is 0.264 e. The van der Waals surface area contributed by atoms with E-state index < -0.39 is 28.5 Å². The second-order valence-corrected chi connectivity index (χ2v) is 11.9. The molecule has 40 heavy (non-hydrogen) atoms. The van der Waals surface area contributed by atoms with E-state index in [0.717, 1.165) is 16.3 Å². The Hall–Kier alpha value is -3.27. The van der Waals surface area contributed by atoms with Crippen LogP contribution in [-0.2, 0) is 26.2 Å². The fourth-order valence-corrected chi connectivity index (χ4v) is 5.67. The Kier molecular flexibility index (Phi) is 10.8. The number of carbonyl (C=O) groups excluding carboxylic acids is 2. The molecule has 0 aromatic heterocycles. The third-order valence-electron chi connectivity index (χ3n) is 6.28. The van der Waals surface area contributed by atoms with Crippen LogP contribution >= 0.6 is 23.2 Å². The molecule has 0 aliphatic carbocycles. The molecule has 0 heterocycles. The van der Waals surface area contributed by atoms with Crippen molar-refractivity contribution >= 4 is 50.7 Å². The van der Waals surface area contributed by atoms with Crippen molar-refractivity contribution in [1.82, 2.24) is 10.2 Å². The van der Waals surface area contributed by atoms with Crippen molar-refractivity contribution in [1.29, 1.82) is 0 Å². The van der Waals surface area contributed by atoms with Crippen LogP contribution in [0.4, 0.5) is 5.69 Å².